The molecule has 3 atom stereocenters. The predicted molar refractivity (Wildman–Crippen MR) is 64.6 cm³/mol. The first kappa shape index (κ1) is 14.7. The summed E-state index contributed by atoms with van der Waals surface area (Å²) in [6.07, 6.45) is -1.39. The van der Waals surface area contributed by atoms with Crippen molar-refractivity contribution in [2.24, 2.45) is 11.7 Å². The summed E-state index contributed by atoms with van der Waals surface area (Å²) in [7, 11) is 0. The number of aliphatic hydroxyl groups is 2. The van der Waals surface area contributed by atoms with E-state index < -0.39 is 24.3 Å². The number of urea groups is 1. The van der Waals surface area contributed by atoms with Crippen LogP contribution in [0.25, 0.3) is 0 Å². The van der Waals surface area contributed by atoms with Crippen LogP contribution in [0.2, 0.25) is 0 Å². The first-order valence-corrected chi connectivity index (χ1v) is 6.02. The lowest BCUT2D eigenvalue weighted by Gasteiger charge is -2.24. The first-order chi connectivity index (χ1) is 8.31. The fraction of sp³-hybridized carbons (Fsp3) is 0.818. The number of nitrogens with one attached hydrogen (secondary N) is 1. The molecule has 5 N–H and O–H groups in total. The Morgan fingerprint density at radius 2 is 1.83 bits per heavy atom. The third kappa shape index (κ3) is 3.85. The van der Waals surface area contributed by atoms with Crippen molar-refractivity contribution in [3.8, 4) is 0 Å². The maximum absolute atomic E-state index is 12.1. The molecule has 0 aromatic heterocycles. The number of likely N-dealkylation sites (tertiary alicyclic amines) is 1. The van der Waals surface area contributed by atoms with Crippen LogP contribution in [0.1, 0.15) is 20.3 Å². The number of nitrogens with zero attached hydrogens (tertiary/aromatic N) is 1. The molecular formula is C11H21N3O4. The van der Waals surface area contributed by atoms with Crippen molar-refractivity contribution in [1.29, 1.82) is 0 Å². The van der Waals surface area contributed by atoms with Gasteiger partial charge in [0.25, 0.3) is 0 Å². The Bertz CT molecular complexity index is 311. The number of carbonyl (C=O) groups is 2. The van der Waals surface area contributed by atoms with E-state index in [4.69, 9.17) is 5.73 Å². The van der Waals surface area contributed by atoms with Gasteiger partial charge in [-0.25, -0.2) is 4.79 Å². The Balaban J connectivity index is 2.67. The predicted octanol–water partition coefficient (Wildman–Crippen LogP) is -1.37. The minimum absolute atomic E-state index is 0.0784. The number of carbonyl (C=O) groups excluding carboxylic acids is 2. The summed E-state index contributed by atoms with van der Waals surface area (Å²) in [6, 6.07) is -1.46. The second kappa shape index (κ2) is 6.01. The Labute approximate surface area is 106 Å². The fourth-order valence-corrected chi connectivity index (χ4v) is 2.03. The second-order valence-electron chi connectivity index (χ2n) is 5.07. The molecule has 0 bridgehead atoms. The standard InChI is InChI=1S/C11H21N3O4/c1-6(2)3-7(13-11(12)18)10(17)14-4-8(15)9(16)5-14/h6-9,15-16H,3-5H2,1-2H3,(H3,12,13,18). The molecule has 3 amide bonds. The number of primary amides is 1. The molecule has 0 spiro atoms. The summed E-state index contributed by atoms with van der Waals surface area (Å²) < 4.78 is 0. The highest BCUT2D eigenvalue weighted by Gasteiger charge is 2.35. The van der Waals surface area contributed by atoms with E-state index in [0.717, 1.165) is 0 Å². The summed E-state index contributed by atoms with van der Waals surface area (Å²) in [4.78, 5) is 24.4. The van der Waals surface area contributed by atoms with Crippen molar-refractivity contribution in [1.82, 2.24) is 10.2 Å². The maximum atomic E-state index is 12.1. The molecule has 1 heterocycles. The van der Waals surface area contributed by atoms with E-state index in [2.05, 4.69) is 5.32 Å². The van der Waals surface area contributed by atoms with Gasteiger partial charge in [0.2, 0.25) is 5.91 Å². The highest BCUT2D eigenvalue weighted by Crippen LogP contribution is 2.14. The van der Waals surface area contributed by atoms with E-state index >= 15 is 0 Å². The Kier molecular flexibility index (Phi) is 4.92. The van der Waals surface area contributed by atoms with Crippen molar-refractivity contribution < 1.29 is 19.8 Å². The molecule has 3 unspecified atom stereocenters. The molecule has 18 heavy (non-hydrogen) atoms. The summed E-state index contributed by atoms with van der Waals surface area (Å²) in [6.45, 7) is 4.01. The van der Waals surface area contributed by atoms with E-state index in [-0.39, 0.29) is 24.9 Å². The highest BCUT2D eigenvalue weighted by atomic mass is 16.3. The van der Waals surface area contributed by atoms with Gasteiger partial charge in [-0.05, 0) is 12.3 Å². The summed E-state index contributed by atoms with van der Waals surface area (Å²) in [5.41, 5.74) is 5.04. The van der Waals surface area contributed by atoms with Crippen LogP contribution in [-0.2, 0) is 4.79 Å². The lowest BCUT2D eigenvalue weighted by atomic mass is 10.0. The van der Waals surface area contributed by atoms with Gasteiger partial charge in [-0.3, -0.25) is 4.79 Å². The molecule has 1 aliphatic rings. The number of amides is 3. The highest BCUT2D eigenvalue weighted by molar-refractivity contribution is 5.86. The number of rotatable bonds is 4. The van der Waals surface area contributed by atoms with E-state index in [0.29, 0.717) is 6.42 Å². The van der Waals surface area contributed by atoms with Crippen LogP contribution >= 0.6 is 0 Å². The monoisotopic (exact) mass is 259 g/mol. The molecule has 7 heteroatoms. The molecule has 1 fully saturated rings. The lowest BCUT2D eigenvalue weighted by Crippen LogP contribution is -2.50. The van der Waals surface area contributed by atoms with Crippen molar-refractivity contribution in [2.45, 2.75) is 38.5 Å². The minimum atomic E-state index is -0.928. The van der Waals surface area contributed by atoms with Crippen LogP contribution in [-0.4, -0.2) is 58.4 Å². The van der Waals surface area contributed by atoms with Gasteiger partial charge >= 0.3 is 6.03 Å². The molecule has 104 valence electrons. The third-order valence-electron chi connectivity index (χ3n) is 2.89. The van der Waals surface area contributed by atoms with E-state index in [1.54, 1.807) is 0 Å². The van der Waals surface area contributed by atoms with Gasteiger partial charge in [0.05, 0.1) is 12.2 Å². The topological polar surface area (TPSA) is 116 Å². The summed E-state index contributed by atoms with van der Waals surface area (Å²) >= 11 is 0. The fourth-order valence-electron chi connectivity index (χ4n) is 2.03. The number of hydrogen-bond acceptors (Lipinski definition) is 4. The van der Waals surface area contributed by atoms with Gasteiger partial charge < -0.3 is 26.2 Å². The molecule has 1 saturated heterocycles. The smallest absolute Gasteiger partial charge is 0.312 e. The van der Waals surface area contributed by atoms with Crippen LogP contribution in [0.5, 0.6) is 0 Å². The van der Waals surface area contributed by atoms with Crippen molar-refractivity contribution in [3.63, 3.8) is 0 Å². The van der Waals surface area contributed by atoms with Crippen molar-refractivity contribution in [3.05, 3.63) is 0 Å². The van der Waals surface area contributed by atoms with Gasteiger partial charge in [0, 0.05) is 13.1 Å². The number of hydrogen-bond donors (Lipinski definition) is 4. The zero-order chi connectivity index (χ0) is 13.9. The van der Waals surface area contributed by atoms with Gasteiger partial charge in [0.15, 0.2) is 0 Å². The van der Waals surface area contributed by atoms with E-state index in [1.165, 1.54) is 4.90 Å². The molecule has 0 aromatic carbocycles. The second-order valence-corrected chi connectivity index (χ2v) is 5.07. The average molecular weight is 259 g/mol. The van der Waals surface area contributed by atoms with Crippen LogP contribution in [0.3, 0.4) is 0 Å². The molecule has 1 rings (SSSR count). The van der Waals surface area contributed by atoms with Crippen molar-refractivity contribution in [2.75, 3.05) is 13.1 Å². The van der Waals surface area contributed by atoms with Gasteiger partial charge in [0.1, 0.15) is 6.04 Å². The number of aliphatic hydroxyl groups excluding tert-OH is 2. The summed E-state index contributed by atoms with van der Waals surface area (Å²) in [5.74, 6) is -0.110. The summed E-state index contributed by atoms with van der Waals surface area (Å²) in [5, 5.41) is 21.2. The van der Waals surface area contributed by atoms with Crippen LogP contribution in [0.4, 0.5) is 4.79 Å². The molecule has 7 nitrogen and oxygen atoms in total. The third-order valence-corrected chi connectivity index (χ3v) is 2.89. The maximum Gasteiger partial charge on any atom is 0.312 e. The van der Waals surface area contributed by atoms with Crippen molar-refractivity contribution >= 4 is 11.9 Å². The van der Waals surface area contributed by atoms with Crippen LogP contribution < -0.4 is 11.1 Å². The Morgan fingerprint density at radius 1 is 1.33 bits per heavy atom. The molecular weight excluding hydrogens is 238 g/mol. The zero-order valence-corrected chi connectivity index (χ0v) is 10.7. The Morgan fingerprint density at radius 3 is 2.22 bits per heavy atom. The number of nitrogens with two attached hydrogens (primary N) is 1. The Hall–Kier alpha value is -1.34. The van der Waals surface area contributed by atoms with Crippen LogP contribution in [0, 0.1) is 5.92 Å². The van der Waals surface area contributed by atoms with E-state index in [9.17, 15) is 19.8 Å². The zero-order valence-electron chi connectivity index (χ0n) is 10.7. The normalized spacial score (nSPS) is 25.3. The lowest BCUT2D eigenvalue weighted by molar-refractivity contribution is -0.133. The molecule has 1 aliphatic heterocycles. The molecule has 0 aliphatic carbocycles. The molecule has 0 saturated carbocycles. The number of β-amino-alcohol motifs (C(OH)–C–C–N with tert-alkyl or cyclic N) is 2. The van der Waals surface area contributed by atoms with E-state index in [1.807, 2.05) is 13.8 Å². The minimum Gasteiger partial charge on any atom is -0.388 e. The SMILES string of the molecule is CC(C)CC(NC(N)=O)C(=O)N1CC(O)C(O)C1. The van der Waals surface area contributed by atoms with Gasteiger partial charge in [-0.2, -0.15) is 0 Å². The average Bonchev–Trinajstić information content (AvgIpc) is 2.56. The molecule has 0 radical (unpaired) electrons. The largest absolute Gasteiger partial charge is 0.388 e. The quantitative estimate of drug-likeness (QED) is 0.498. The molecule has 0 aromatic rings. The van der Waals surface area contributed by atoms with Gasteiger partial charge in [-0.15, -0.1) is 0 Å². The first-order valence-electron chi connectivity index (χ1n) is 6.02. The van der Waals surface area contributed by atoms with Crippen LogP contribution in [0.15, 0.2) is 0 Å². The van der Waals surface area contributed by atoms with Gasteiger partial charge in [-0.1, -0.05) is 13.8 Å².